The quantitative estimate of drug-likeness (QED) is 0.128. The largest absolute Gasteiger partial charge is 3.00 e. The number of hydrogen-bond acceptors (Lipinski definition) is 3. The SMILES string of the molecule is Cc1cc(-c2ccccc2)cc(C)c1-c1ccnc(-c2[c-]cccc2)c1.[Ir+3].[c-]1ccccc1-c1ccc(CCc2ccccc2Cc2ccc[c-]c2-c2ccccn2)cn1. The summed E-state index contributed by atoms with van der Waals surface area (Å²) in [4.78, 5) is 13.7. The molecule has 0 radical (unpaired) electrons. The van der Waals surface area contributed by atoms with Crippen molar-refractivity contribution in [1.82, 2.24) is 15.0 Å². The Bertz CT molecular complexity index is 2710. The molecule has 9 rings (SSSR count). The van der Waals surface area contributed by atoms with Gasteiger partial charge in [0.2, 0.25) is 0 Å². The fourth-order valence-electron chi connectivity index (χ4n) is 7.61. The predicted molar refractivity (Wildman–Crippen MR) is 243 cm³/mol. The molecular formula is C56H44IrN3. The standard InChI is InChI=1S/C31H24N2.C25H20N.Ir/c1-2-11-26(12-3-1)30-20-18-24(23-33-30)17-19-25-10-4-5-13-27(25)22-28-14-6-7-15-29(28)31-16-8-9-21-32-31;1-18-15-23(20-9-5-3-6-10-20)16-19(2)25(18)22-13-14-26-24(17-22)21-11-7-4-8-12-21;/h1-11,13-14,16,18,20-21,23H,17,19,22H2;3-11,13-17H,1-2H3;/q-2;-1;+3. The molecule has 0 aliphatic heterocycles. The number of aromatic nitrogens is 3. The third-order valence-corrected chi connectivity index (χ3v) is 10.5. The number of nitrogens with zero attached hydrogens (tertiary/aromatic N) is 3. The van der Waals surface area contributed by atoms with Crippen molar-refractivity contribution in [1.29, 1.82) is 0 Å². The first-order valence-electron chi connectivity index (χ1n) is 20.1. The number of rotatable bonds is 10. The van der Waals surface area contributed by atoms with E-state index in [1.807, 2.05) is 91.4 Å². The predicted octanol–water partition coefficient (Wildman–Crippen LogP) is 13.3. The molecule has 4 heteroatoms. The molecule has 0 spiro atoms. The molecule has 0 bridgehead atoms. The fraction of sp³-hybridized carbons (Fsp3) is 0.0893. The molecule has 0 aliphatic carbocycles. The van der Waals surface area contributed by atoms with Crippen LogP contribution in [0.4, 0.5) is 0 Å². The van der Waals surface area contributed by atoms with Crippen LogP contribution < -0.4 is 0 Å². The topological polar surface area (TPSA) is 38.7 Å². The van der Waals surface area contributed by atoms with Crippen LogP contribution in [0.2, 0.25) is 0 Å². The molecule has 9 aromatic rings. The molecule has 3 aromatic heterocycles. The van der Waals surface area contributed by atoms with Crippen LogP contribution in [0.1, 0.15) is 33.4 Å². The van der Waals surface area contributed by atoms with Crippen LogP contribution in [-0.2, 0) is 39.4 Å². The van der Waals surface area contributed by atoms with Gasteiger partial charge in [0.1, 0.15) is 0 Å². The van der Waals surface area contributed by atoms with E-state index < -0.39 is 0 Å². The van der Waals surface area contributed by atoms with Crippen LogP contribution >= 0.6 is 0 Å². The summed E-state index contributed by atoms with van der Waals surface area (Å²) in [5.74, 6) is 0. The van der Waals surface area contributed by atoms with Gasteiger partial charge in [-0.3, -0.25) is 0 Å². The van der Waals surface area contributed by atoms with Crippen LogP contribution in [-0.4, -0.2) is 15.0 Å². The summed E-state index contributed by atoms with van der Waals surface area (Å²) < 4.78 is 0. The van der Waals surface area contributed by atoms with E-state index in [0.29, 0.717) is 0 Å². The second kappa shape index (κ2) is 20.4. The first-order valence-corrected chi connectivity index (χ1v) is 20.1. The van der Waals surface area contributed by atoms with E-state index in [1.54, 1.807) is 0 Å². The van der Waals surface area contributed by atoms with Gasteiger partial charge in [-0.25, -0.2) is 0 Å². The zero-order valence-electron chi connectivity index (χ0n) is 33.8. The molecule has 0 fully saturated rings. The number of pyridine rings is 3. The molecule has 292 valence electrons. The molecule has 0 amide bonds. The van der Waals surface area contributed by atoms with Gasteiger partial charge in [0.05, 0.1) is 0 Å². The summed E-state index contributed by atoms with van der Waals surface area (Å²) in [5, 5.41) is 0. The van der Waals surface area contributed by atoms with E-state index in [2.05, 4.69) is 150 Å². The Hall–Kier alpha value is -6.58. The Morgan fingerprint density at radius 3 is 1.77 bits per heavy atom. The number of aryl methyl sites for hydroxylation is 4. The van der Waals surface area contributed by atoms with Gasteiger partial charge in [-0.15, -0.1) is 107 Å². The summed E-state index contributed by atoms with van der Waals surface area (Å²) in [5.41, 5.74) is 18.7. The van der Waals surface area contributed by atoms with Gasteiger partial charge in [-0.2, -0.15) is 0 Å². The van der Waals surface area contributed by atoms with E-state index in [0.717, 1.165) is 53.0 Å². The Kier molecular flexibility index (Phi) is 14.1. The summed E-state index contributed by atoms with van der Waals surface area (Å²) in [6, 6.07) is 70.3. The van der Waals surface area contributed by atoms with Gasteiger partial charge in [-0.05, 0) is 112 Å². The fourth-order valence-corrected chi connectivity index (χ4v) is 7.61. The van der Waals surface area contributed by atoms with Crippen LogP contribution in [0, 0.1) is 32.0 Å². The van der Waals surface area contributed by atoms with Gasteiger partial charge < -0.3 is 15.0 Å². The number of hydrogen-bond donors (Lipinski definition) is 0. The molecule has 0 aliphatic rings. The van der Waals surface area contributed by atoms with Gasteiger partial charge in [0, 0.05) is 18.6 Å². The maximum absolute atomic E-state index is 4.65. The monoisotopic (exact) mass is 951 g/mol. The van der Waals surface area contributed by atoms with E-state index in [9.17, 15) is 0 Å². The van der Waals surface area contributed by atoms with Crippen molar-refractivity contribution in [2.24, 2.45) is 0 Å². The molecule has 0 saturated heterocycles. The summed E-state index contributed by atoms with van der Waals surface area (Å²) in [7, 11) is 0. The molecule has 60 heavy (non-hydrogen) atoms. The smallest absolute Gasteiger partial charge is 0.305 e. The van der Waals surface area contributed by atoms with Crippen LogP contribution in [0.25, 0.3) is 56.0 Å². The maximum Gasteiger partial charge on any atom is 3.00 e. The summed E-state index contributed by atoms with van der Waals surface area (Å²) >= 11 is 0. The van der Waals surface area contributed by atoms with E-state index in [-0.39, 0.29) is 20.1 Å². The molecule has 6 aromatic carbocycles. The third kappa shape index (κ3) is 10.3. The molecular weight excluding hydrogens is 907 g/mol. The van der Waals surface area contributed by atoms with Gasteiger partial charge in [0.15, 0.2) is 0 Å². The van der Waals surface area contributed by atoms with Crippen molar-refractivity contribution in [2.45, 2.75) is 33.1 Å². The van der Waals surface area contributed by atoms with Gasteiger partial charge >= 0.3 is 20.1 Å². The van der Waals surface area contributed by atoms with Gasteiger partial charge in [0.25, 0.3) is 0 Å². The first-order chi connectivity index (χ1) is 29.1. The van der Waals surface area contributed by atoms with Crippen molar-refractivity contribution < 1.29 is 20.1 Å². The first kappa shape index (κ1) is 41.6. The number of benzene rings is 6. The molecule has 0 N–H and O–H groups in total. The second-order valence-electron chi connectivity index (χ2n) is 14.6. The molecule has 3 heterocycles. The van der Waals surface area contributed by atoms with Crippen molar-refractivity contribution in [2.75, 3.05) is 0 Å². The zero-order valence-corrected chi connectivity index (χ0v) is 36.2. The molecule has 0 atom stereocenters. The second-order valence-corrected chi connectivity index (χ2v) is 14.6. The van der Waals surface area contributed by atoms with Crippen LogP contribution in [0.3, 0.4) is 0 Å². The van der Waals surface area contributed by atoms with Crippen LogP contribution in [0.5, 0.6) is 0 Å². The van der Waals surface area contributed by atoms with E-state index in [1.165, 1.54) is 55.6 Å². The van der Waals surface area contributed by atoms with Crippen molar-refractivity contribution in [3.05, 3.63) is 246 Å². The average Bonchev–Trinajstić information content (AvgIpc) is 3.30. The minimum Gasteiger partial charge on any atom is -0.305 e. The zero-order chi connectivity index (χ0) is 40.2. The molecule has 0 saturated carbocycles. The van der Waals surface area contributed by atoms with E-state index in [4.69, 9.17) is 0 Å². The van der Waals surface area contributed by atoms with Crippen molar-refractivity contribution >= 4 is 0 Å². The van der Waals surface area contributed by atoms with Crippen LogP contribution in [0.15, 0.2) is 195 Å². The molecule has 3 nitrogen and oxygen atoms in total. The Labute approximate surface area is 368 Å². The maximum atomic E-state index is 4.65. The van der Waals surface area contributed by atoms with Crippen molar-refractivity contribution in [3.63, 3.8) is 0 Å². The Morgan fingerprint density at radius 2 is 1.08 bits per heavy atom. The normalized spacial score (nSPS) is 10.6. The summed E-state index contributed by atoms with van der Waals surface area (Å²) in [6.07, 6.45) is 8.50. The minimum atomic E-state index is 0. The van der Waals surface area contributed by atoms with E-state index >= 15 is 0 Å². The van der Waals surface area contributed by atoms with Crippen molar-refractivity contribution in [3.8, 4) is 56.0 Å². The summed E-state index contributed by atoms with van der Waals surface area (Å²) in [6.45, 7) is 4.37. The molecule has 0 unspecified atom stereocenters. The Morgan fingerprint density at radius 1 is 0.433 bits per heavy atom. The van der Waals surface area contributed by atoms with Gasteiger partial charge in [-0.1, -0.05) is 97.1 Å². The Balaban J connectivity index is 0.000000183. The minimum absolute atomic E-state index is 0. The average molecular weight is 951 g/mol. The third-order valence-electron chi connectivity index (χ3n) is 10.5.